The quantitative estimate of drug-likeness (QED) is 0.700. The highest BCUT2D eigenvalue weighted by Crippen LogP contribution is 2.20. The lowest BCUT2D eigenvalue weighted by molar-refractivity contribution is -0.170. The first-order valence-corrected chi connectivity index (χ1v) is 4.16. The molecule has 0 amide bonds. The van der Waals surface area contributed by atoms with Crippen molar-refractivity contribution in [2.45, 2.75) is 19.5 Å². The Morgan fingerprint density at radius 2 is 1.93 bits per heavy atom. The van der Waals surface area contributed by atoms with Gasteiger partial charge in [-0.25, -0.2) is 4.39 Å². The predicted molar refractivity (Wildman–Crippen MR) is 45.9 cm³/mol. The van der Waals surface area contributed by atoms with Crippen LogP contribution < -0.4 is 0 Å². The van der Waals surface area contributed by atoms with Crippen molar-refractivity contribution in [3.63, 3.8) is 0 Å². The lowest BCUT2D eigenvalue weighted by Gasteiger charge is -2.07. The van der Waals surface area contributed by atoms with Crippen LogP contribution in [0, 0.1) is 12.7 Å². The average Bonchev–Trinajstić information content (AvgIpc) is 2.11. The molecule has 15 heavy (non-hydrogen) atoms. The second kappa shape index (κ2) is 4.00. The Morgan fingerprint density at radius 3 is 2.47 bits per heavy atom. The summed E-state index contributed by atoms with van der Waals surface area (Å²) in [5, 5.41) is 0. The fourth-order valence-corrected chi connectivity index (χ4v) is 1.12. The summed E-state index contributed by atoms with van der Waals surface area (Å²) in [5.41, 5.74) is 0.146. The van der Waals surface area contributed by atoms with E-state index in [1.54, 1.807) is 0 Å². The van der Waals surface area contributed by atoms with Crippen LogP contribution in [-0.2, 0) is 11.2 Å². The summed E-state index contributed by atoms with van der Waals surface area (Å²) in [6.07, 6.45) is -5.67. The van der Waals surface area contributed by atoms with Gasteiger partial charge in [0.25, 0.3) is 0 Å². The van der Waals surface area contributed by atoms with E-state index in [2.05, 4.69) is 0 Å². The molecular formula is C10H8F4O. The topological polar surface area (TPSA) is 17.1 Å². The Labute approximate surface area is 83.7 Å². The SMILES string of the molecule is Cc1c(F)cccc1CC(=O)C(F)(F)F. The molecular weight excluding hydrogens is 212 g/mol. The first-order chi connectivity index (χ1) is 6.82. The molecule has 0 aliphatic carbocycles. The standard InChI is InChI=1S/C10H8F4O/c1-6-7(3-2-4-8(6)11)5-9(15)10(12,13)14/h2-4H,5H2,1H3. The van der Waals surface area contributed by atoms with Gasteiger partial charge in [0, 0.05) is 6.42 Å². The van der Waals surface area contributed by atoms with Crippen LogP contribution in [0.15, 0.2) is 18.2 Å². The summed E-state index contributed by atoms with van der Waals surface area (Å²) in [4.78, 5) is 10.7. The van der Waals surface area contributed by atoms with Crippen LogP contribution in [-0.4, -0.2) is 12.0 Å². The zero-order valence-electron chi connectivity index (χ0n) is 7.86. The van der Waals surface area contributed by atoms with Crippen molar-refractivity contribution in [1.29, 1.82) is 0 Å². The smallest absolute Gasteiger partial charge is 0.289 e. The molecule has 1 aromatic carbocycles. The fraction of sp³-hybridized carbons (Fsp3) is 0.300. The van der Waals surface area contributed by atoms with E-state index in [4.69, 9.17) is 0 Å². The highest BCUT2D eigenvalue weighted by molar-refractivity contribution is 5.86. The van der Waals surface area contributed by atoms with Gasteiger partial charge in [-0.2, -0.15) is 13.2 Å². The maximum Gasteiger partial charge on any atom is 0.450 e. The van der Waals surface area contributed by atoms with Crippen molar-refractivity contribution in [1.82, 2.24) is 0 Å². The highest BCUT2D eigenvalue weighted by atomic mass is 19.4. The number of rotatable bonds is 2. The van der Waals surface area contributed by atoms with E-state index in [-0.39, 0.29) is 11.1 Å². The van der Waals surface area contributed by atoms with Gasteiger partial charge < -0.3 is 0 Å². The molecule has 0 atom stereocenters. The van der Waals surface area contributed by atoms with Gasteiger partial charge in [0.2, 0.25) is 5.78 Å². The van der Waals surface area contributed by atoms with Gasteiger partial charge in [0.1, 0.15) is 5.82 Å². The number of carbonyl (C=O) groups excluding carboxylic acids is 1. The van der Waals surface area contributed by atoms with Crippen molar-refractivity contribution >= 4 is 5.78 Å². The van der Waals surface area contributed by atoms with Gasteiger partial charge in [-0.15, -0.1) is 0 Å². The third-order valence-electron chi connectivity index (χ3n) is 2.05. The number of halogens is 4. The van der Waals surface area contributed by atoms with E-state index in [1.165, 1.54) is 19.1 Å². The molecule has 0 aliphatic rings. The Bertz CT molecular complexity index is 381. The van der Waals surface area contributed by atoms with Crippen LogP contribution in [0.4, 0.5) is 17.6 Å². The van der Waals surface area contributed by atoms with E-state index in [1.807, 2.05) is 0 Å². The Hall–Kier alpha value is -1.39. The zero-order valence-corrected chi connectivity index (χ0v) is 7.86. The Kier molecular flexibility index (Phi) is 3.12. The van der Waals surface area contributed by atoms with E-state index in [9.17, 15) is 22.4 Å². The minimum Gasteiger partial charge on any atom is -0.289 e. The molecule has 1 aromatic rings. The maximum absolute atomic E-state index is 12.9. The molecule has 5 heteroatoms. The van der Waals surface area contributed by atoms with Crippen molar-refractivity contribution in [2.24, 2.45) is 0 Å². The number of Topliss-reactive ketones (excluding diaryl/α,β-unsaturated/α-hetero) is 1. The third-order valence-corrected chi connectivity index (χ3v) is 2.05. The maximum atomic E-state index is 12.9. The molecule has 0 bridgehead atoms. The molecule has 0 fully saturated rings. The minimum atomic E-state index is -4.86. The molecule has 0 saturated carbocycles. The van der Waals surface area contributed by atoms with Gasteiger partial charge >= 0.3 is 6.18 Å². The summed E-state index contributed by atoms with van der Waals surface area (Å²) in [6, 6.07) is 3.72. The molecule has 0 unspecified atom stereocenters. The van der Waals surface area contributed by atoms with Gasteiger partial charge in [0.05, 0.1) is 0 Å². The average molecular weight is 220 g/mol. The van der Waals surface area contributed by atoms with Crippen LogP contribution in [0.3, 0.4) is 0 Å². The molecule has 0 radical (unpaired) electrons. The number of carbonyl (C=O) groups is 1. The minimum absolute atomic E-state index is 0.0670. The first kappa shape index (κ1) is 11.7. The number of alkyl halides is 3. The zero-order chi connectivity index (χ0) is 11.6. The van der Waals surface area contributed by atoms with Crippen LogP contribution in [0.2, 0.25) is 0 Å². The van der Waals surface area contributed by atoms with Gasteiger partial charge in [0.15, 0.2) is 0 Å². The molecule has 0 heterocycles. The van der Waals surface area contributed by atoms with E-state index >= 15 is 0 Å². The summed E-state index contributed by atoms with van der Waals surface area (Å²) in [5.74, 6) is -2.47. The van der Waals surface area contributed by atoms with Crippen molar-refractivity contribution in [3.05, 3.63) is 35.1 Å². The van der Waals surface area contributed by atoms with Crippen molar-refractivity contribution < 1.29 is 22.4 Å². The van der Waals surface area contributed by atoms with Gasteiger partial charge in [-0.1, -0.05) is 12.1 Å². The highest BCUT2D eigenvalue weighted by Gasteiger charge is 2.37. The largest absolute Gasteiger partial charge is 0.450 e. The number of hydrogen-bond donors (Lipinski definition) is 0. The summed E-state index contributed by atoms with van der Waals surface area (Å²) in [6.45, 7) is 1.34. The Balaban J connectivity index is 2.91. The second-order valence-electron chi connectivity index (χ2n) is 3.12. The van der Waals surface area contributed by atoms with Gasteiger partial charge in [-0.3, -0.25) is 4.79 Å². The number of benzene rings is 1. The van der Waals surface area contributed by atoms with E-state index < -0.39 is 24.2 Å². The van der Waals surface area contributed by atoms with Crippen LogP contribution >= 0.6 is 0 Å². The van der Waals surface area contributed by atoms with Crippen LogP contribution in [0.1, 0.15) is 11.1 Å². The summed E-state index contributed by atoms with van der Waals surface area (Å²) in [7, 11) is 0. The summed E-state index contributed by atoms with van der Waals surface area (Å²) >= 11 is 0. The lowest BCUT2D eigenvalue weighted by atomic mass is 10.0. The summed E-state index contributed by atoms with van der Waals surface area (Å²) < 4.78 is 48.7. The van der Waals surface area contributed by atoms with Crippen LogP contribution in [0.25, 0.3) is 0 Å². The van der Waals surface area contributed by atoms with Crippen molar-refractivity contribution in [2.75, 3.05) is 0 Å². The monoisotopic (exact) mass is 220 g/mol. The van der Waals surface area contributed by atoms with E-state index in [0.717, 1.165) is 6.07 Å². The molecule has 1 nitrogen and oxygen atoms in total. The fourth-order valence-electron chi connectivity index (χ4n) is 1.12. The molecule has 1 rings (SSSR count). The van der Waals surface area contributed by atoms with E-state index in [0.29, 0.717) is 0 Å². The normalized spacial score (nSPS) is 11.5. The molecule has 0 spiro atoms. The third kappa shape index (κ3) is 2.78. The molecule has 0 saturated heterocycles. The number of hydrogen-bond acceptors (Lipinski definition) is 1. The molecule has 0 N–H and O–H groups in total. The second-order valence-corrected chi connectivity index (χ2v) is 3.12. The number of ketones is 1. The Morgan fingerprint density at radius 1 is 1.33 bits per heavy atom. The molecule has 0 aliphatic heterocycles. The lowest BCUT2D eigenvalue weighted by Crippen LogP contribution is -2.24. The predicted octanol–water partition coefficient (Wildman–Crippen LogP) is 2.81. The van der Waals surface area contributed by atoms with Gasteiger partial charge in [-0.05, 0) is 24.1 Å². The van der Waals surface area contributed by atoms with Crippen LogP contribution in [0.5, 0.6) is 0 Å². The molecule has 0 aromatic heterocycles. The van der Waals surface area contributed by atoms with Crippen molar-refractivity contribution in [3.8, 4) is 0 Å². The first-order valence-electron chi connectivity index (χ1n) is 4.16. The molecule has 82 valence electrons.